The number of hydrogen-bond acceptors (Lipinski definition) is 1. The zero-order valence-electron chi connectivity index (χ0n) is 6.31. The molecule has 1 aromatic rings. The van der Waals surface area contributed by atoms with Crippen molar-refractivity contribution >= 4 is 15.9 Å². The maximum Gasteiger partial charge on any atom is 0.0530 e. The molecule has 0 spiro atoms. The van der Waals surface area contributed by atoms with E-state index in [1.807, 2.05) is 6.20 Å². The summed E-state index contributed by atoms with van der Waals surface area (Å²) >= 11 is 3.45. The molecule has 0 aromatic carbocycles. The molecule has 0 aliphatic heterocycles. The molecule has 2 nitrogen and oxygen atoms in total. The van der Waals surface area contributed by atoms with Crippen LogP contribution < -0.4 is 0 Å². The third-order valence-corrected chi connectivity index (χ3v) is 3.01. The molecule has 1 N–H and O–H groups in total. The third-order valence-electron chi connectivity index (χ3n) is 2.41. The Hall–Kier alpha value is -0.310. The second kappa shape index (κ2) is 2.97. The zero-order chi connectivity index (χ0) is 7.68. The summed E-state index contributed by atoms with van der Waals surface area (Å²) in [5.41, 5.74) is 2.68. The van der Waals surface area contributed by atoms with E-state index < -0.39 is 0 Å². The normalized spacial score (nSPS) is 18.3. The van der Waals surface area contributed by atoms with Crippen molar-refractivity contribution in [2.45, 2.75) is 30.5 Å². The van der Waals surface area contributed by atoms with Crippen LogP contribution in [0, 0.1) is 0 Å². The van der Waals surface area contributed by atoms with Crippen LogP contribution in [-0.2, 0) is 5.33 Å². The van der Waals surface area contributed by atoms with Gasteiger partial charge in [-0.25, -0.2) is 0 Å². The lowest BCUT2D eigenvalue weighted by molar-refractivity contribution is 0.409. The van der Waals surface area contributed by atoms with Gasteiger partial charge in [-0.05, 0) is 12.8 Å². The first-order valence-corrected chi connectivity index (χ1v) is 5.12. The molecule has 2 rings (SSSR count). The predicted octanol–water partition coefficient (Wildman–Crippen LogP) is 2.57. The molecule has 0 atom stereocenters. The summed E-state index contributed by atoms with van der Waals surface area (Å²) < 4.78 is 0. The van der Waals surface area contributed by atoms with Gasteiger partial charge in [-0.3, -0.25) is 5.10 Å². The molecule has 1 aliphatic carbocycles. The Labute approximate surface area is 74.5 Å². The number of aromatic nitrogens is 2. The summed E-state index contributed by atoms with van der Waals surface area (Å²) in [4.78, 5) is 0. The number of nitrogens with one attached hydrogen (secondary N) is 1. The first-order valence-electron chi connectivity index (χ1n) is 4.00. The fourth-order valence-electron chi connectivity index (χ4n) is 1.48. The molecule has 1 heterocycles. The lowest BCUT2D eigenvalue weighted by Crippen LogP contribution is -2.10. The van der Waals surface area contributed by atoms with Crippen LogP contribution in [0.2, 0.25) is 0 Å². The molecule has 1 aliphatic rings. The minimum atomic E-state index is 0.769. The van der Waals surface area contributed by atoms with E-state index in [1.165, 1.54) is 30.5 Å². The molecular weight excluding hydrogens is 204 g/mol. The van der Waals surface area contributed by atoms with Crippen molar-refractivity contribution in [2.75, 3.05) is 0 Å². The molecule has 3 heteroatoms. The van der Waals surface area contributed by atoms with Gasteiger partial charge in [0.15, 0.2) is 0 Å². The van der Waals surface area contributed by atoms with Gasteiger partial charge in [0, 0.05) is 22.5 Å². The van der Waals surface area contributed by atoms with E-state index in [0.717, 1.165) is 11.2 Å². The standard InChI is InChI=1S/C8H11BrN2/c9-4-7-5-10-11-8(7)6-2-1-3-6/h5-6H,1-4H2,(H,10,11). The number of hydrogen-bond donors (Lipinski definition) is 1. The summed E-state index contributed by atoms with van der Waals surface area (Å²) in [7, 11) is 0. The minimum absolute atomic E-state index is 0.769. The quantitative estimate of drug-likeness (QED) is 0.754. The van der Waals surface area contributed by atoms with Crippen molar-refractivity contribution in [3.8, 4) is 0 Å². The second-order valence-corrected chi connectivity index (χ2v) is 3.63. The Bertz CT molecular complexity index is 240. The highest BCUT2D eigenvalue weighted by atomic mass is 79.9. The van der Waals surface area contributed by atoms with Crippen LogP contribution in [0.15, 0.2) is 6.20 Å². The highest BCUT2D eigenvalue weighted by Gasteiger charge is 2.22. The number of aromatic amines is 1. The van der Waals surface area contributed by atoms with Crippen LogP contribution in [0.25, 0.3) is 0 Å². The summed E-state index contributed by atoms with van der Waals surface area (Å²) in [5, 5.41) is 8.05. The fraction of sp³-hybridized carbons (Fsp3) is 0.625. The maximum atomic E-state index is 4.04. The molecule has 0 bridgehead atoms. The number of H-pyrrole nitrogens is 1. The highest BCUT2D eigenvalue weighted by molar-refractivity contribution is 9.08. The van der Waals surface area contributed by atoms with Crippen LogP contribution >= 0.6 is 15.9 Å². The van der Waals surface area contributed by atoms with Crippen molar-refractivity contribution in [1.82, 2.24) is 10.2 Å². The number of alkyl halides is 1. The molecule has 0 unspecified atom stereocenters. The third kappa shape index (κ3) is 1.22. The summed E-state index contributed by atoms with van der Waals surface area (Å²) in [6.45, 7) is 0. The molecule has 1 aromatic heterocycles. The summed E-state index contributed by atoms with van der Waals surface area (Å²) in [6, 6.07) is 0. The molecule has 0 saturated heterocycles. The Kier molecular flexibility index (Phi) is 1.98. The monoisotopic (exact) mass is 214 g/mol. The van der Waals surface area contributed by atoms with Crippen molar-refractivity contribution in [2.24, 2.45) is 0 Å². The lowest BCUT2D eigenvalue weighted by atomic mass is 9.82. The van der Waals surface area contributed by atoms with Gasteiger partial charge in [-0.1, -0.05) is 22.4 Å². The van der Waals surface area contributed by atoms with E-state index in [-0.39, 0.29) is 0 Å². The topological polar surface area (TPSA) is 28.7 Å². The van der Waals surface area contributed by atoms with Crippen molar-refractivity contribution in [3.05, 3.63) is 17.5 Å². The smallest absolute Gasteiger partial charge is 0.0530 e. The molecule has 60 valence electrons. The SMILES string of the molecule is BrCc1cn[nH]c1C1CCC1. The molecule has 1 fully saturated rings. The first-order chi connectivity index (χ1) is 5.42. The minimum Gasteiger partial charge on any atom is -0.282 e. The number of nitrogens with zero attached hydrogens (tertiary/aromatic N) is 1. The van der Waals surface area contributed by atoms with Crippen LogP contribution in [0.5, 0.6) is 0 Å². The Morgan fingerprint density at radius 3 is 3.00 bits per heavy atom. The lowest BCUT2D eigenvalue weighted by Gasteiger charge is -2.24. The van der Waals surface area contributed by atoms with Gasteiger partial charge in [0.2, 0.25) is 0 Å². The van der Waals surface area contributed by atoms with E-state index in [0.29, 0.717) is 0 Å². The average Bonchev–Trinajstić information content (AvgIpc) is 2.32. The van der Waals surface area contributed by atoms with Crippen molar-refractivity contribution in [1.29, 1.82) is 0 Å². The zero-order valence-corrected chi connectivity index (χ0v) is 7.89. The second-order valence-electron chi connectivity index (χ2n) is 3.07. The van der Waals surface area contributed by atoms with Gasteiger partial charge in [0.05, 0.1) is 6.20 Å². The van der Waals surface area contributed by atoms with E-state index >= 15 is 0 Å². The maximum absolute atomic E-state index is 4.04. The van der Waals surface area contributed by atoms with Gasteiger partial charge < -0.3 is 0 Å². The van der Waals surface area contributed by atoms with E-state index in [2.05, 4.69) is 26.1 Å². The van der Waals surface area contributed by atoms with Crippen molar-refractivity contribution < 1.29 is 0 Å². The van der Waals surface area contributed by atoms with Crippen LogP contribution in [-0.4, -0.2) is 10.2 Å². The molecule has 1 saturated carbocycles. The first kappa shape index (κ1) is 7.35. The van der Waals surface area contributed by atoms with E-state index in [4.69, 9.17) is 0 Å². The Balaban J connectivity index is 2.20. The Morgan fingerprint density at radius 1 is 1.64 bits per heavy atom. The number of halogens is 1. The molecule has 0 amide bonds. The van der Waals surface area contributed by atoms with E-state index in [1.54, 1.807) is 0 Å². The number of rotatable bonds is 2. The molecule has 11 heavy (non-hydrogen) atoms. The van der Waals surface area contributed by atoms with Gasteiger partial charge >= 0.3 is 0 Å². The average molecular weight is 215 g/mol. The van der Waals surface area contributed by atoms with Crippen molar-refractivity contribution in [3.63, 3.8) is 0 Å². The molecule has 0 radical (unpaired) electrons. The summed E-state index contributed by atoms with van der Waals surface area (Å²) in [6.07, 6.45) is 5.97. The van der Waals surface area contributed by atoms with Crippen LogP contribution in [0.4, 0.5) is 0 Å². The van der Waals surface area contributed by atoms with E-state index in [9.17, 15) is 0 Å². The van der Waals surface area contributed by atoms with Gasteiger partial charge in [-0.2, -0.15) is 5.10 Å². The Morgan fingerprint density at radius 2 is 2.45 bits per heavy atom. The largest absolute Gasteiger partial charge is 0.282 e. The molecular formula is C8H11BrN2. The fourth-order valence-corrected chi connectivity index (χ4v) is 1.92. The van der Waals surface area contributed by atoms with Gasteiger partial charge in [0.25, 0.3) is 0 Å². The highest BCUT2D eigenvalue weighted by Crippen LogP contribution is 2.37. The van der Waals surface area contributed by atoms with Gasteiger partial charge in [-0.15, -0.1) is 0 Å². The summed E-state index contributed by atoms with van der Waals surface area (Å²) in [5.74, 6) is 0.769. The van der Waals surface area contributed by atoms with Crippen LogP contribution in [0.1, 0.15) is 36.4 Å². The van der Waals surface area contributed by atoms with Crippen LogP contribution in [0.3, 0.4) is 0 Å². The van der Waals surface area contributed by atoms with Gasteiger partial charge in [0.1, 0.15) is 0 Å². The predicted molar refractivity (Wildman–Crippen MR) is 47.8 cm³/mol.